The first-order chi connectivity index (χ1) is 6.08. The first-order valence-corrected chi connectivity index (χ1v) is 5.10. The summed E-state index contributed by atoms with van der Waals surface area (Å²) in [5.41, 5.74) is 6.16. The van der Waals surface area contributed by atoms with E-state index in [4.69, 9.17) is 10.5 Å². The van der Waals surface area contributed by atoms with E-state index in [-0.39, 0.29) is 11.5 Å². The predicted octanol–water partition coefficient (Wildman–Crippen LogP) is 0.692. The van der Waals surface area contributed by atoms with Crippen molar-refractivity contribution < 1.29 is 4.74 Å². The Hall–Kier alpha value is -0.120. The molecule has 1 rings (SSSR count). The molecule has 1 heterocycles. The molecule has 1 aliphatic rings. The van der Waals surface area contributed by atoms with Gasteiger partial charge in [0.2, 0.25) is 0 Å². The Morgan fingerprint density at radius 1 is 1.62 bits per heavy atom. The van der Waals surface area contributed by atoms with Gasteiger partial charge in [-0.1, -0.05) is 13.8 Å². The topological polar surface area (TPSA) is 38.5 Å². The van der Waals surface area contributed by atoms with E-state index >= 15 is 0 Å². The summed E-state index contributed by atoms with van der Waals surface area (Å²) in [6.07, 6.45) is 1.20. The maximum absolute atomic E-state index is 6.01. The summed E-state index contributed by atoms with van der Waals surface area (Å²) in [6, 6.07) is 0.201. The van der Waals surface area contributed by atoms with Gasteiger partial charge in [-0.3, -0.25) is 0 Å². The van der Waals surface area contributed by atoms with Gasteiger partial charge in [-0.25, -0.2) is 0 Å². The van der Waals surface area contributed by atoms with Crippen molar-refractivity contribution in [2.75, 3.05) is 33.4 Å². The van der Waals surface area contributed by atoms with Crippen LogP contribution in [0.4, 0.5) is 0 Å². The third-order valence-corrected chi connectivity index (χ3v) is 2.86. The van der Waals surface area contributed by atoms with Crippen LogP contribution in [0.15, 0.2) is 0 Å². The monoisotopic (exact) mass is 186 g/mol. The number of ether oxygens (including phenoxy) is 1. The molecule has 13 heavy (non-hydrogen) atoms. The highest BCUT2D eigenvalue weighted by molar-refractivity contribution is 4.91. The molecule has 2 unspecified atom stereocenters. The summed E-state index contributed by atoms with van der Waals surface area (Å²) >= 11 is 0. The molecule has 3 nitrogen and oxygen atoms in total. The third-order valence-electron chi connectivity index (χ3n) is 2.86. The molecule has 2 N–H and O–H groups in total. The van der Waals surface area contributed by atoms with Crippen LogP contribution in [0.1, 0.15) is 20.3 Å². The second-order valence-corrected chi connectivity index (χ2v) is 4.51. The number of hydrogen-bond donors (Lipinski definition) is 1. The second-order valence-electron chi connectivity index (χ2n) is 4.51. The molecule has 78 valence electrons. The van der Waals surface area contributed by atoms with Crippen LogP contribution in [0.3, 0.4) is 0 Å². The molecule has 0 aromatic carbocycles. The van der Waals surface area contributed by atoms with Crippen molar-refractivity contribution in [1.82, 2.24) is 4.90 Å². The molecule has 0 saturated carbocycles. The van der Waals surface area contributed by atoms with Crippen LogP contribution in [0.2, 0.25) is 0 Å². The Morgan fingerprint density at radius 3 is 2.77 bits per heavy atom. The molecule has 1 saturated heterocycles. The highest BCUT2D eigenvalue weighted by Crippen LogP contribution is 2.27. The zero-order chi connectivity index (χ0) is 9.90. The SMILES string of the molecule is CCCN(C)CC1(C)COCC1N. The predicted molar refractivity (Wildman–Crippen MR) is 54.7 cm³/mol. The van der Waals surface area contributed by atoms with Crippen LogP contribution in [0.5, 0.6) is 0 Å². The summed E-state index contributed by atoms with van der Waals surface area (Å²) < 4.78 is 5.40. The van der Waals surface area contributed by atoms with Crippen molar-refractivity contribution in [3.63, 3.8) is 0 Å². The zero-order valence-corrected chi connectivity index (χ0v) is 9.05. The van der Waals surface area contributed by atoms with Crippen LogP contribution in [-0.2, 0) is 4.74 Å². The van der Waals surface area contributed by atoms with E-state index in [1.165, 1.54) is 6.42 Å². The molecule has 0 aromatic heterocycles. The Kier molecular flexibility index (Phi) is 3.71. The Morgan fingerprint density at radius 2 is 2.31 bits per heavy atom. The Labute approximate surface area is 81.2 Å². The normalized spacial score (nSPS) is 34.4. The quantitative estimate of drug-likeness (QED) is 0.702. The van der Waals surface area contributed by atoms with Crippen molar-refractivity contribution in [2.45, 2.75) is 26.3 Å². The molecular weight excluding hydrogens is 164 g/mol. The fourth-order valence-electron chi connectivity index (χ4n) is 1.97. The van der Waals surface area contributed by atoms with Crippen molar-refractivity contribution in [2.24, 2.45) is 11.1 Å². The maximum atomic E-state index is 6.01. The molecule has 2 atom stereocenters. The third kappa shape index (κ3) is 2.66. The lowest BCUT2D eigenvalue weighted by Crippen LogP contribution is -2.46. The molecule has 1 aliphatic heterocycles. The van der Waals surface area contributed by atoms with Gasteiger partial charge in [-0.15, -0.1) is 0 Å². The fraction of sp³-hybridized carbons (Fsp3) is 1.00. The molecule has 0 bridgehead atoms. The zero-order valence-electron chi connectivity index (χ0n) is 9.05. The Balaban J connectivity index is 2.41. The number of nitrogens with zero attached hydrogens (tertiary/aromatic N) is 1. The molecular formula is C10H22N2O. The van der Waals surface area contributed by atoms with Gasteiger partial charge in [-0.2, -0.15) is 0 Å². The first-order valence-electron chi connectivity index (χ1n) is 5.10. The maximum Gasteiger partial charge on any atom is 0.0624 e. The van der Waals surface area contributed by atoms with Gasteiger partial charge in [0.25, 0.3) is 0 Å². The van der Waals surface area contributed by atoms with Gasteiger partial charge in [0.05, 0.1) is 13.2 Å². The van der Waals surface area contributed by atoms with Gasteiger partial charge < -0.3 is 15.4 Å². The van der Waals surface area contributed by atoms with E-state index in [9.17, 15) is 0 Å². The lowest BCUT2D eigenvalue weighted by Gasteiger charge is -2.31. The average Bonchev–Trinajstić information content (AvgIpc) is 2.32. The van der Waals surface area contributed by atoms with Crippen LogP contribution < -0.4 is 5.73 Å². The molecule has 3 heteroatoms. The van der Waals surface area contributed by atoms with E-state index in [2.05, 4.69) is 25.8 Å². The highest BCUT2D eigenvalue weighted by atomic mass is 16.5. The molecule has 0 spiro atoms. The van der Waals surface area contributed by atoms with Crippen LogP contribution in [0.25, 0.3) is 0 Å². The lowest BCUT2D eigenvalue weighted by molar-refractivity contribution is 0.130. The van der Waals surface area contributed by atoms with Gasteiger partial charge in [-0.05, 0) is 20.0 Å². The summed E-state index contributed by atoms with van der Waals surface area (Å²) in [5.74, 6) is 0. The second kappa shape index (κ2) is 4.40. The summed E-state index contributed by atoms with van der Waals surface area (Å²) in [6.45, 7) is 8.13. The number of rotatable bonds is 4. The van der Waals surface area contributed by atoms with E-state index in [0.29, 0.717) is 0 Å². The van der Waals surface area contributed by atoms with Crippen molar-refractivity contribution in [3.8, 4) is 0 Å². The van der Waals surface area contributed by atoms with E-state index in [0.717, 1.165) is 26.3 Å². The standard InChI is InChI=1S/C10H22N2O/c1-4-5-12(3)7-10(2)8-13-6-9(10)11/h9H,4-8,11H2,1-3H3. The molecule has 0 aromatic rings. The van der Waals surface area contributed by atoms with E-state index < -0.39 is 0 Å². The lowest BCUT2D eigenvalue weighted by atomic mass is 9.85. The van der Waals surface area contributed by atoms with E-state index in [1.54, 1.807) is 0 Å². The number of nitrogens with two attached hydrogens (primary N) is 1. The highest BCUT2D eigenvalue weighted by Gasteiger charge is 2.38. The minimum Gasteiger partial charge on any atom is -0.379 e. The van der Waals surface area contributed by atoms with Gasteiger partial charge in [0.1, 0.15) is 0 Å². The van der Waals surface area contributed by atoms with Crippen molar-refractivity contribution in [1.29, 1.82) is 0 Å². The Bertz CT molecular complexity index is 163. The largest absolute Gasteiger partial charge is 0.379 e. The first kappa shape index (κ1) is 11.0. The van der Waals surface area contributed by atoms with Gasteiger partial charge in [0.15, 0.2) is 0 Å². The van der Waals surface area contributed by atoms with Gasteiger partial charge >= 0.3 is 0 Å². The average molecular weight is 186 g/mol. The van der Waals surface area contributed by atoms with Crippen molar-refractivity contribution >= 4 is 0 Å². The molecule has 0 amide bonds. The number of hydrogen-bond acceptors (Lipinski definition) is 3. The molecule has 0 aliphatic carbocycles. The van der Waals surface area contributed by atoms with Gasteiger partial charge in [0, 0.05) is 18.0 Å². The van der Waals surface area contributed by atoms with E-state index in [1.807, 2.05) is 0 Å². The summed E-state index contributed by atoms with van der Waals surface area (Å²) in [5, 5.41) is 0. The smallest absolute Gasteiger partial charge is 0.0624 e. The molecule has 1 fully saturated rings. The van der Waals surface area contributed by atoms with Crippen LogP contribution >= 0.6 is 0 Å². The van der Waals surface area contributed by atoms with Crippen LogP contribution in [-0.4, -0.2) is 44.3 Å². The fourth-order valence-corrected chi connectivity index (χ4v) is 1.97. The van der Waals surface area contributed by atoms with Crippen LogP contribution in [0, 0.1) is 5.41 Å². The molecule has 0 radical (unpaired) electrons. The summed E-state index contributed by atoms with van der Waals surface area (Å²) in [4.78, 5) is 2.34. The van der Waals surface area contributed by atoms with Crippen molar-refractivity contribution in [3.05, 3.63) is 0 Å². The minimum atomic E-state index is 0.157. The minimum absolute atomic E-state index is 0.157. The summed E-state index contributed by atoms with van der Waals surface area (Å²) in [7, 11) is 2.15.